The van der Waals surface area contributed by atoms with E-state index in [1.807, 2.05) is 32.0 Å². The summed E-state index contributed by atoms with van der Waals surface area (Å²) in [6.07, 6.45) is 0. The van der Waals surface area contributed by atoms with Crippen LogP contribution in [0.3, 0.4) is 0 Å². The molecule has 1 N–H and O–H groups in total. The minimum absolute atomic E-state index is 0.171. The van der Waals surface area contributed by atoms with Crippen molar-refractivity contribution >= 4 is 23.1 Å². The molecule has 0 saturated carbocycles. The Morgan fingerprint density at radius 2 is 1.73 bits per heavy atom. The van der Waals surface area contributed by atoms with Crippen LogP contribution in [0.25, 0.3) is 5.57 Å². The molecule has 0 bridgehead atoms. The Kier molecular flexibility index (Phi) is 6.74. The lowest BCUT2D eigenvalue weighted by atomic mass is 10.0. The maximum Gasteiger partial charge on any atom is 0.278 e. The Labute approximate surface area is 176 Å². The van der Waals surface area contributed by atoms with E-state index in [0.717, 1.165) is 5.56 Å². The van der Waals surface area contributed by atoms with Gasteiger partial charge >= 0.3 is 0 Å². The number of hydrogen-bond donors (Lipinski definition) is 1. The van der Waals surface area contributed by atoms with E-state index in [9.17, 15) is 9.59 Å². The number of nitrogens with zero attached hydrogens (tertiary/aromatic N) is 1. The Morgan fingerprint density at radius 3 is 2.37 bits per heavy atom. The highest BCUT2D eigenvalue weighted by Crippen LogP contribution is 2.34. The van der Waals surface area contributed by atoms with Gasteiger partial charge in [-0.15, -0.1) is 0 Å². The fourth-order valence-electron chi connectivity index (χ4n) is 3.28. The summed E-state index contributed by atoms with van der Waals surface area (Å²) < 4.78 is 16.0. The van der Waals surface area contributed by atoms with Crippen molar-refractivity contribution < 1.29 is 23.8 Å². The largest absolute Gasteiger partial charge is 0.495 e. The van der Waals surface area contributed by atoms with Gasteiger partial charge in [0, 0.05) is 7.11 Å². The molecule has 30 heavy (non-hydrogen) atoms. The molecule has 0 radical (unpaired) electrons. The summed E-state index contributed by atoms with van der Waals surface area (Å²) >= 11 is 0. The number of methoxy groups -OCH3 is 2. The van der Waals surface area contributed by atoms with Gasteiger partial charge in [0.25, 0.3) is 11.8 Å². The highest BCUT2D eigenvalue weighted by Gasteiger charge is 2.39. The molecule has 2 amide bonds. The number of rotatable bonds is 9. The Morgan fingerprint density at radius 1 is 1.00 bits per heavy atom. The maximum absolute atomic E-state index is 13.1. The van der Waals surface area contributed by atoms with Crippen molar-refractivity contribution in [1.29, 1.82) is 0 Å². The van der Waals surface area contributed by atoms with E-state index >= 15 is 0 Å². The van der Waals surface area contributed by atoms with Crippen LogP contribution in [0.2, 0.25) is 0 Å². The lowest BCUT2D eigenvalue weighted by Crippen LogP contribution is -2.35. The van der Waals surface area contributed by atoms with Gasteiger partial charge in [-0.25, -0.2) is 0 Å². The summed E-state index contributed by atoms with van der Waals surface area (Å²) in [6.45, 7) is 4.82. The third-order valence-corrected chi connectivity index (χ3v) is 4.76. The average molecular weight is 410 g/mol. The number of aryl methyl sites for hydroxylation is 1. The molecule has 1 aliphatic rings. The quantitative estimate of drug-likeness (QED) is 0.640. The van der Waals surface area contributed by atoms with E-state index in [1.165, 1.54) is 12.0 Å². The Hall–Kier alpha value is -3.32. The van der Waals surface area contributed by atoms with Crippen LogP contribution < -0.4 is 14.8 Å². The highest BCUT2D eigenvalue weighted by atomic mass is 16.5. The van der Waals surface area contributed by atoms with Crippen LogP contribution in [-0.4, -0.2) is 50.7 Å². The molecule has 0 spiro atoms. The molecule has 7 nitrogen and oxygen atoms in total. The SMILES string of the molecule is CCOc1ccc(C2=C(Nc3cc(C)ccc3OC)C(=O)N(CCOC)C2=O)cc1. The van der Waals surface area contributed by atoms with Crippen molar-refractivity contribution in [2.45, 2.75) is 13.8 Å². The summed E-state index contributed by atoms with van der Waals surface area (Å²) in [5, 5.41) is 3.15. The topological polar surface area (TPSA) is 77.1 Å². The first-order valence-electron chi connectivity index (χ1n) is 9.74. The van der Waals surface area contributed by atoms with Crippen LogP contribution in [0.15, 0.2) is 48.2 Å². The van der Waals surface area contributed by atoms with E-state index in [4.69, 9.17) is 14.2 Å². The van der Waals surface area contributed by atoms with Gasteiger partial charge in [0.2, 0.25) is 0 Å². The third kappa shape index (κ3) is 4.31. The van der Waals surface area contributed by atoms with Crippen LogP contribution in [0.1, 0.15) is 18.1 Å². The van der Waals surface area contributed by atoms with Crippen molar-refractivity contribution in [1.82, 2.24) is 4.90 Å². The Bertz CT molecular complexity index is 966. The number of carbonyl (C=O) groups is 2. The number of hydrogen-bond acceptors (Lipinski definition) is 6. The average Bonchev–Trinajstić information content (AvgIpc) is 2.97. The lowest BCUT2D eigenvalue weighted by Gasteiger charge is -2.15. The first-order chi connectivity index (χ1) is 14.5. The van der Waals surface area contributed by atoms with Gasteiger partial charge in [-0.3, -0.25) is 14.5 Å². The molecule has 2 aromatic carbocycles. The number of carbonyl (C=O) groups excluding carboxylic acids is 2. The smallest absolute Gasteiger partial charge is 0.278 e. The molecule has 2 aromatic rings. The molecular formula is C23H26N2O5. The minimum atomic E-state index is -0.399. The number of anilines is 1. The van der Waals surface area contributed by atoms with Crippen LogP contribution in [0, 0.1) is 6.92 Å². The summed E-state index contributed by atoms with van der Waals surface area (Å²) in [4.78, 5) is 27.5. The van der Waals surface area contributed by atoms with E-state index in [-0.39, 0.29) is 24.8 Å². The zero-order chi connectivity index (χ0) is 21.7. The van der Waals surface area contributed by atoms with Gasteiger partial charge in [0.1, 0.15) is 17.2 Å². The number of benzene rings is 2. The zero-order valence-electron chi connectivity index (χ0n) is 17.7. The minimum Gasteiger partial charge on any atom is -0.495 e. The molecule has 0 saturated heterocycles. The molecule has 0 atom stereocenters. The number of imide groups is 1. The first kappa shape index (κ1) is 21.4. The van der Waals surface area contributed by atoms with Gasteiger partial charge in [-0.05, 0) is 49.2 Å². The second kappa shape index (κ2) is 9.45. The molecular weight excluding hydrogens is 384 g/mol. The van der Waals surface area contributed by atoms with Gasteiger partial charge in [-0.2, -0.15) is 0 Å². The van der Waals surface area contributed by atoms with Gasteiger partial charge in [0.15, 0.2) is 0 Å². The molecule has 158 valence electrons. The highest BCUT2D eigenvalue weighted by molar-refractivity contribution is 6.36. The monoisotopic (exact) mass is 410 g/mol. The molecule has 0 aromatic heterocycles. The van der Waals surface area contributed by atoms with E-state index in [2.05, 4.69) is 5.32 Å². The van der Waals surface area contributed by atoms with Crippen molar-refractivity contribution in [3.63, 3.8) is 0 Å². The molecule has 1 aliphatic heterocycles. The zero-order valence-corrected chi connectivity index (χ0v) is 17.7. The van der Waals surface area contributed by atoms with Crippen LogP contribution >= 0.6 is 0 Å². The number of amides is 2. The van der Waals surface area contributed by atoms with Crippen LogP contribution in [0.5, 0.6) is 11.5 Å². The predicted molar refractivity (Wildman–Crippen MR) is 114 cm³/mol. The summed E-state index contributed by atoms with van der Waals surface area (Å²) in [6, 6.07) is 12.7. The van der Waals surface area contributed by atoms with E-state index in [0.29, 0.717) is 34.9 Å². The van der Waals surface area contributed by atoms with E-state index < -0.39 is 5.91 Å². The number of nitrogens with one attached hydrogen (secondary N) is 1. The summed E-state index contributed by atoms with van der Waals surface area (Å²) in [5.41, 5.74) is 2.76. The van der Waals surface area contributed by atoms with Gasteiger partial charge < -0.3 is 19.5 Å². The molecule has 0 fully saturated rings. The number of ether oxygens (including phenoxy) is 3. The third-order valence-electron chi connectivity index (χ3n) is 4.76. The fraction of sp³-hybridized carbons (Fsp3) is 0.304. The molecule has 7 heteroatoms. The molecule has 0 unspecified atom stereocenters. The molecule has 1 heterocycles. The van der Waals surface area contributed by atoms with Gasteiger partial charge in [0.05, 0.1) is 38.1 Å². The molecule has 3 rings (SSSR count). The maximum atomic E-state index is 13.1. The van der Waals surface area contributed by atoms with Crippen molar-refractivity contribution in [3.05, 3.63) is 59.3 Å². The standard InChI is InChI=1S/C23H26N2O5/c1-5-30-17-9-7-16(8-10-17)20-21(23(27)25(22(20)26)12-13-28-3)24-18-14-15(2)6-11-19(18)29-4/h6-11,14,24H,5,12-13H2,1-4H3. The predicted octanol–water partition coefficient (Wildman–Crippen LogP) is 3.24. The van der Waals surface area contributed by atoms with E-state index in [1.54, 1.807) is 31.4 Å². The van der Waals surface area contributed by atoms with Crippen LogP contribution in [0.4, 0.5) is 5.69 Å². The normalized spacial score (nSPS) is 13.8. The second-order valence-corrected chi connectivity index (χ2v) is 6.79. The first-order valence-corrected chi connectivity index (χ1v) is 9.74. The molecule has 0 aliphatic carbocycles. The summed E-state index contributed by atoms with van der Waals surface area (Å²) in [5.74, 6) is 0.513. The van der Waals surface area contributed by atoms with Gasteiger partial charge in [-0.1, -0.05) is 18.2 Å². The fourth-order valence-corrected chi connectivity index (χ4v) is 3.28. The summed E-state index contributed by atoms with van der Waals surface area (Å²) in [7, 11) is 3.09. The van der Waals surface area contributed by atoms with Crippen molar-refractivity contribution in [2.75, 3.05) is 39.3 Å². The van der Waals surface area contributed by atoms with Crippen molar-refractivity contribution in [2.24, 2.45) is 0 Å². The Balaban J connectivity index is 2.05. The lowest BCUT2D eigenvalue weighted by molar-refractivity contribution is -0.137. The van der Waals surface area contributed by atoms with Crippen LogP contribution in [-0.2, 0) is 14.3 Å². The second-order valence-electron chi connectivity index (χ2n) is 6.79. The van der Waals surface area contributed by atoms with Crippen molar-refractivity contribution in [3.8, 4) is 11.5 Å².